The second-order valence-corrected chi connectivity index (χ2v) is 29.0. The van der Waals surface area contributed by atoms with Gasteiger partial charge >= 0.3 is 23.9 Å². The van der Waals surface area contributed by atoms with E-state index >= 15 is 0 Å². The van der Waals surface area contributed by atoms with Crippen LogP contribution in [0.15, 0.2) is 0 Å². The first kappa shape index (κ1) is 117. The summed E-state index contributed by atoms with van der Waals surface area (Å²) in [6, 6.07) is -24.8. The van der Waals surface area contributed by atoms with Crippen LogP contribution in [0.5, 0.6) is 0 Å². The molecule has 16 atom stereocenters. The second-order valence-electron chi connectivity index (χ2n) is 27.5. The van der Waals surface area contributed by atoms with Gasteiger partial charge in [-0.25, -0.2) is 4.79 Å². The Labute approximate surface area is 724 Å². The number of carboxylic acids is 4. The summed E-state index contributed by atoms with van der Waals surface area (Å²) in [7, 11) is 0. The third kappa shape index (κ3) is 45.4. The van der Waals surface area contributed by atoms with Crippen LogP contribution in [0.25, 0.3) is 0 Å². The Morgan fingerprint density at radius 1 is 0.316 bits per heavy atom. The number of hydrogen-bond acceptors (Lipinski definition) is 27. The molecule has 7 unspecified atom stereocenters. The molecule has 670 valence electrons. The number of aliphatic carboxylic acids is 4. The highest BCUT2D eigenvalue weighted by Gasteiger charge is 2.40. The Kier molecular flexibility index (Phi) is 59.4. The Morgan fingerprint density at radius 2 is 0.615 bits per heavy atom. The van der Waals surface area contributed by atoms with Crippen molar-refractivity contribution in [3.63, 3.8) is 0 Å². The first-order chi connectivity index (χ1) is 52.4. The molecule has 0 fully saturated rings. The van der Waals surface area contributed by atoms with Gasteiger partial charge in [0.15, 0.2) is 0 Å². The maximum absolute atomic E-state index is 14.1. The maximum Gasteiger partial charge on any atom is 0.326 e. The highest BCUT2D eigenvalue weighted by molar-refractivity contribution is 7.80. The molecule has 26 N–H and O–H groups in total. The van der Waals surface area contributed by atoms with E-state index in [4.69, 9.17) is 17.2 Å². The van der Waals surface area contributed by atoms with Crippen LogP contribution in [0.4, 0.5) is 0 Å². The molecule has 0 aromatic carbocycles. The number of primary amides is 2. The normalized spacial score (nSPS) is 14.9. The van der Waals surface area contributed by atoms with Gasteiger partial charge in [0.2, 0.25) is 100 Å². The molecule has 0 bridgehead atoms. The van der Waals surface area contributed by atoms with Gasteiger partial charge < -0.3 is 122 Å². The lowest BCUT2D eigenvalue weighted by atomic mass is 10.00. The van der Waals surface area contributed by atoms with Crippen LogP contribution in [-0.2, 0) is 101 Å². The molecule has 0 saturated heterocycles. The average Bonchev–Trinajstić information content (AvgIpc) is 0.851. The molecule has 52 heteroatoms. The molecular formula is C65H116N18O26S8. The van der Waals surface area contributed by atoms with Gasteiger partial charge in [-0.3, -0.25) is 95.9 Å². The van der Waals surface area contributed by atoms with E-state index in [1.165, 1.54) is 34.6 Å². The highest BCUT2D eigenvalue weighted by Crippen LogP contribution is 2.13. The van der Waals surface area contributed by atoms with Gasteiger partial charge in [-0.1, -0.05) is 55.4 Å². The Bertz CT molecular complexity index is 3430. The average molecular weight is 1820 g/mol. The van der Waals surface area contributed by atoms with E-state index in [2.05, 4.69) is 125 Å². The molecule has 0 rings (SSSR count). The van der Waals surface area contributed by atoms with Crippen LogP contribution >= 0.6 is 104 Å². The molecule has 0 radical (unpaired) electrons. The van der Waals surface area contributed by atoms with E-state index in [0.717, 1.165) is 6.92 Å². The molecule has 117 heavy (non-hydrogen) atoms. The number of nitrogens with one attached hydrogen (secondary N) is 15. The van der Waals surface area contributed by atoms with Crippen molar-refractivity contribution in [2.75, 3.05) is 29.6 Å². The van der Waals surface area contributed by atoms with Gasteiger partial charge in [-0.05, 0) is 63.2 Å². The topological polar surface area (TPSA) is 718 Å². The van der Waals surface area contributed by atoms with Gasteiger partial charge in [-0.2, -0.15) is 104 Å². The zero-order valence-corrected chi connectivity index (χ0v) is 73.4. The fraction of sp³-hybridized carbons (Fsp3) is 0.677. The van der Waals surface area contributed by atoms with Crippen molar-refractivity contribution >= 4 is 229 Å². The molecule has 0 spiro atoms. The lowest BCUT2D eigenvalue weighted by molar-refractivity contribution is -0.143. The largest absolute Gasteiger partial charge is 0.481 e. The fourth-order valence-electron chi connectivity index (χ4n) is 9.95. The monoisotopic (exact) mass is 1820 g/mol. The zero-order valence-electron chi connectivity index (χ0n) is 65.8. The first-order valence-corrected chi connectivity index (χ1v) is 37.8. The minimum atomic E-state index is -1.98. The minimum absolute atomic E-state index is 0. The van der Waals surface area contributed by atoms with Crippen molar-refractivity contribution in [1.29, 1.82) is 0 Å². The molecule has 17 amide bonds. The van der Waals surface area contributed by atoms with E-state index in [1.807, 2.05) is 5.32 Å². The summed E-state index contributed by atoms with van der Waals surface area (Å²) in [4.78, 5) is 274. The number of hydrogen-bond donors (Lipinski definition) is 27. The van der Waals surface area contributed by atoms with E-state index < -0.39 is 308 Å². The zero-order chi connectivity index (χ0) is 87.2. The molecule has 0 aliphatic carbocycles. The van der Waals surface area contributed by atoms with Crippen LogP contribution in [-0.4, -0.2) is 276 Å². The number of carboxylic acid groups (broad SMARTS) is 4. The van der Waals surface area contributed by atoms with Crippen molar-refractivity contribution in [2.45, 2.75) is 224 Å². The molecule has 0 aromatic rings. The predicted octanol–water partition coefficient (Wildman–Crippen LogP) is -8.77. The van der Waals surface area contributed by atoms with Crippen LogP contribution in [0, 0.1) is 23.7 Å². The molecule has 0 saturated carbocycles. The molecular weight excluding hydrogens is 1710 g/mol. The number of carbonyl (C=O) groups excluding carboxylic acids is 17. The minimum Gasteiger partial charge on any atom is -0.481 e. The molecule has 0 aliphatic heterocycles. The number of rotatable bonds is 54. The smallest absolute Gasteiger partial charge is 0.326 e. The van der Waals surface area contributed by atoms with Crippen molar-refractivity contribution in [3.8, 4) is 0 Å². The summed E-state index contributed by atoms with van der Waals surface area (Å²) in [6.07, 6.45) is -7.51. The van der Waals surface area contributed by atoms with E-state index in [-0.39, 0.29) is 78.5 Å². The quantitative estimate of drug-likeness (QED) is 0.0252. The Balaban J connectivity index is -0.0000105. The Hall–Kier alpha value is -8.41. The van der Waals surface area contributed by atoms with E-state index in [1.54, 1.807) is 27.7 Å². The van der Waals surface area contributed by atoms with Gasteiger partial charge in [0, 0.05) is 35.9 Å². The number of aliphatic hydroxyl groups excluding tert-OH is 1. The van der Waals surface area contributed by atoms with E-state index in [0.29, 0.717) is 0 Å². The van der Waals surface area contributed by atoms with Crippen molar-refractivity contribution < 1.29 is 126 Å². The fourth-order valence-corrected chi connectivity index (χ4v) is 11.0. The first-order valence-electron chi connectivity index (χ1n) is 35.3. The summed E-state index contributed by atoms with van der Waals surface area (Å²) in [5, 5.41) is 82.7. The molecule has 44 nitrogen and oxygen atoms in total. The summed E-state index contributed by atoms with van der Waals surface area (Å²) in [6.45, 7) is 14.0. The van der Waals surface area contributed by atoms with Gasteiger partial charge in [0.05, 0.1) is 38.0 Å². The van der Waals surface area contributed by atoms with Gasteiger partial charge in [0.1, 0.15) is 84.6 Å². The molecule has 0 aliphatic rings. The highest BCUT2D eigenvalue weighted by atomic mass is 32.1. The third-order valence-corrected chi connectivity index (χ3v) is 17.5. The SMILES string of the molecule is CC(C)CC(NC(=O)[C@H](CS)NC(=O)CNC(=O)[C@@H](NC(=O)C(CS)NC(=O)[C@H](C)NC(=O)C(NC(=O)[C@H](CC(N)=O)NC(=O)C(NC(=O)[C@H](CS)NC(=O)C(CC(C)C)NC(=O)[C@H](CCC(=O)O)NC(=O)C(CS)NC(=O)[C@H](CCC(=O)O)NC(=O)C(CC(=O)O)NC(=O)[C@@H](N)CC(N)=O)C(C)C)C(C)C)[C@@H](C)O)C(=O)O.S.S.S.S. The number of amides is 17. The van der Waals surface area contributed by atoms with Crippen molar-refractivity contribution in [2.24, 2.45) is 40.9 Å². The summed E-state index contributed by atoms with van der Waals surface area (Å²) >= 11 is 16.4. The van der Waals surface area contributed by atoms with Crippen LogP contribution < -0.4 is 97.0 Å². The number of thiol groups is 4. The van der Waals surface area contributed by atoms with Crippen molar-refractivity contribution in [1.82, 2.24) is 79.8 Å². The summed E-state index contributed by atoms with van der Waals surface area (Å²) in [5.41, 5.74) is 16.2. The van der Waals surface area contributed by atoms with Gasteiger partial charge in [-0.15, -0.1) is 0 Å². The van der Waals surface area contributed by atoms with Crippen LogP contribution in [0.3, 0.4) is 0 Å². The van der Waals surface area contributed by atoms with E-state index in [9.17, 15) is 126 Å². The lowest BCUT2D eigenvalue weighted by Gasteiger charge is -2.29. The number of aliphatic hydroxyl groups is 1. The maximum atomic E-state index is 14.1. The number of carbonyl (C=O) groups is 21. The lowest BCUT2D eigenvalue weighted by Crippen LogP contribution is -2.62. The Morgan fingerprint density at radius 3 is 0.983 bits per heavy atom. The van der Waals surface area contributed by atoms with Crippen LogP contribution in [0.1, 0.15) is 127 Å². The molecule has 0 aromatic heterocycles. The van der Waals surface area contributed by atoms with Gasteiger partial charge in [0.25, 0.3) is 0 Å². The summed E-state index contributed by atoms with van der Waals surface area (Å²) in [5.74, 6) is -28.9. The second kappa shape index (κ2) is 59.3. The third-order valence-electron chi connectivity index (χ3n) is 16.0. The molecule has 0 heterocycles. The standard InChI is InChI=1S/C65H108N18O26S4.4H2S/c1-25(2)15-34(75-53(96)32(11-13-45(88)89)73-59(102)39(22-111)79-54(97)33(12-14-46(90)91)72-56(99)36(19-47(92)93)74-52(95)31(66)17-42(67)85)55(98)80-41(24-113)60(103)82-49(28(7)8)64(107)76-35(18-43(68)86)57(100)81-48(27(5)6)63(106)70-29(9)51(94)78-40(23-112)61(104)83-50(30(10)84)62(105)69-20-44(87)71-38(21-110)58(101)77-37(65(108)109)16-26(3)4;;;;/h25-41,48-50,84,110-113H,11-24,66H2,1-10H3,(H2,67,85)(H2,68,86)(H,69,105)(H,70,106)(H,71,87)(H,72,99)(H,73,102)(H,74,95)(H,75,96)(H,76,107)(H,77,101)(H,78,94)(H,79,97)(H,80,98)(H,81,100)(H,82,103)(H,83,104)(H,88,89)(H,90,91)(H,92,93)(H,108,109);4*1H2/t29-,30+,31-,32-,33-,34?,35-,36?,37?,38-,39?,40?,41-,48?,49?,50-;;;;/m0..../s1. The van der Waals surface area contributed by atoms with Crippen molar-refractivity contribution in [3.05, 3.63) is 0 Å². The predicted molar refractivity (Wildman–Crippen MR) is 452 cm³/mol. The van der Waals surface area contributed by atoms with Crippen LogP contribution in [0.2, 0.25) is 0 Å². The number of nitrogens with two attached hydrogens (primary N) is 3. The summed E-state index contributed by atoms with van der Waals surface area (Å²) < 4.78 is 0.